The number of esters is 1. The van der Waals surface area contributed by atoms with E-state index in [2.05, 4.69) is 36.4 Å². The number of methoxy groups -OCH3 is 1. The van der Waals surface area contributed by atoms with E-state index in [9.17, 15) is 4.79 Å². The third-order valence-electron chi connectivity index (χ3n) is 4.35. The van der Waals surface area contributed by atoms with Gasteiger partial charge in [-0.2, -0.15) is 0 Å². The molecule has 0 aliphatic carbocycles. The average molecular weight is 289 g/mol. The lowest BCUT2D eigenvalue weighted by molar-refractivity contribution is -0.142. The molecule has 4 aromatic carbocycles. The Bertz CT molecular complexity index is 990. The number of hydrogen-bond acceptors (Lipinski definition) is 3. The van der Waals surface area contributed by atoms with E-state index in [0.717, 1.165) is 21.7 Å². The minimum absolute atomic E-state index is 0.421. The molecule has 0 aromatic heterocycles. The van der Waals surface area contributed by atoms with Gasteiger partial charge < -0.3 is 10.5 Å². The number of hydrogen-bond donors (Lipinski definition) is 1. The zero-order valence-corrected chi connectivity index (χ0v) is 12.2. The summed E-state index contributed by atoms with van der Waals surface area (Å²) in [5.74, 6) is -0.421. The van der Waals surface area contributed by atoms with E-state index in [1.807, 2.05) is 18.2 Å². The zero-order valence-electron chi connectivity index (χ0n) is 12.2. The van der Waals surface area contributed by atoms with Gasteiger partial charge in [0.25, 0.3) is 0 Å². The van der Waals surface area contributed by atoms with Crippen molar-refractivity contribution in [3.05, 3.63) is 60.2 Å². The molecule has 3 nitrogen and oxygen atoms in total. The van der Waals surface area contributed by atoms with Crippen LogP contribution in [0.4, 0.5) is 0 Å². The van der Waals surface area contributed by atoms with Crippen LogP contribution in [0.3, 0.4) is 0 Å². The molecule has 4 rings (SSSR count). The van der Waals surface area contributed by atoms with Crippen LogP contribution in [0.1, 0.15) is 11.6 Å². The SMILES string of the molecule is COC(=O)[C@@H](N)c1ccc2ccc3cccc4ccc1c2c34. The molecule has 22 heavy (non-hydrogen) atoms. The predicted molar refractivity (Wildman–Crippen MR) is 89.1 cm³/mol. The van der Waals surface area contributed by atoms with Crippen molar-refractivity contribution in [1.29, 1.82) is 0 Å². The normalized spacial score (nSPS) is 13.0. The molecule has 0 unspecified atom stereocenters. The minimum Gasteiger partial charge on any atom is -0.468 e. The molecule has 0 aliphatic heterocycles. The Morgan fingerprint density at radius 1 is 0.909 bits per heavy atom. The molecule has 0 amide bonds. The maximum Gasteiger partial charge on any atom is 0.327 e. The molecular formula is C19H15NO2. The molecule has 0 bridgehead atoms. The van der Waals surface area contributed by atoms with Crippen LogP contribution in [-0.4, -0.2) is 13.1 Å². The number of carbonyl (C=O) groups excluding carboxylic acids is 1. The first kappa shape index (κ1) is 13.0. The maximum atomic E-state index is 11.8. The van der Waals surface area contributed by atoms with Crippen LogP contribution in [0.5, 0.6) is 0 Å². The van der Waals surface area contributed by atoms with Crippen molar-refractivity contribution in [1.82, 2.24) is 0 Å². The Morgan fingerprint density at radius 2 is 1.50 bits per heavy atom. The van der Waals surface area contributed by atoms with Gasteiger partial charge in [-0.1, -0.05) is 54.6 Å². The summed E-state index contributed by atoms with van der Waals surface area (Å²) in [6.45, 7) is 0. The highest BCUT2D eigenvalue weighted by Crippen LogP contribution is 2.37. The van der Waals surface area contributed by atoms with E-state index >= 15 is 0 Å². The smallest absolute Gasteiger partial charge is 0.327 e. The Hall–Kier alpha value is -2.65. The minimum atomic E-state index is -0.769. The topological polar surface area (TPSA) is 52.3 Å². The second-order valence-electron chi connectivity index (χ2n) is 5.51. The van der Waals surface area contributed by atoms with Gasteiger partial charge >= 0.3 is 5.97 Å². The van der Waals surface area contributed by atoms with E-state index < -0.39 is 12.0 Å². The van der Waals surface area contributed by atoms with Gasteiger partial charge in [0.15, 0.2) is 0 Å². The van der Waals surface area contributed by atoms with Gasteiger partial charge in [0, 0.05) is 0 Å². The van der Waals surface area contributed by atoms with Crippen LogP contribution in [0, 0.1) is 0 Å². The van der Waals surface area contributed by atoms with Crippen molar-refractivity contribution >= 4 is 38.3 Å². The van der Waals surface area contributed by atoms with Gasteiger partial charge in [0.1, 0.15) is 6.04 Å². The van der Waals surface area contributed by atoms with Gasteiger partial charge in [-0.15, -0.1) is 0 Å². The first-order valence-electron chi connectivity index (χ1n) is 7.20. The number of carbonyl (C=O) groups is 1. The Labute approximate surface area is 127 Å². The number of ether oxygens (including phenoxy) is 1. The number of rotatable bonds is 2. The molecular weight excluding hydrogens is 274 g/mol. The van der Waals surface area contributed by atoms with Crippen molar-refractivity contribution < 1.29 is 9.53 Å². The van der Waals surface area contributed by atoms with E-state index in [1.54, 1.807) is 0 Å². The molecule has 3 heteroatoms. The standard InChI is InChI=1S/C19H15NO2/c1-22-19(21)18(20)15-10-8-13-6-5-11-3-2-4-12-7-9-14(15)17(13)16(11)12/h2-10,18H,20H2,1H3/t18-/m0/s1. The third-order valence-corrected chi connectivity index (χ3v) is 4.35. The molecule has 2 N–H and O–H groups in total. The first-order chi connectivity index (χ1) is 10.7. The van der Waals surface area contributed by atoms with Crippen LogP contribution in [-0.2, 0) is 9.53 Å². The second kappa shape index (κ2) is 4.68. The molecule has 108 valence electrons. The molecule has 0 fully saturated rings. The molecule has 0 spiro atoms. The van der Waals surface area contributed by atoms with Crippen LogP contribution in [0.25, 0.3) is 32.3 Å². The Morgan fingerprint density at radius 3 is 2.18 bits per heavy atom. The summed E-state index contributed by atoms with van der Waals surface area (Å²) in [4.78, 5) is 11.8. The van der Waals surface area contributed by atoms with Crippen LogP contribution in [0.2, 0.25) is 0 Å². The lowest BCUT2D eigenvalue weighted by atomic mass is 9.90. The lowest BCUT2D eigenvalue weighted by Crippen LogP contribution is -2.22. The van der Waals surface area contributed by atoms with E-state index in [-0.39, 0.29) is 0 Å². The van der Waals surface area contributed by atoms with Gasteiger partial charge in [-0.3, -0.25) is 4.79 Å². The summed E-state index contributed by atoms with van der Waals surface area (Å²) < 4.78 is 4.79. The Balaban J connectivity index is 2.15. The highest BCUT2D eigenvalue weighted by molar-refractivity contribution is 6.23. The van der Waals surface area contributed by atoms with Crippen LogP contribution >= 0.6 is 0 Å². The molecule has 0 saturated carbocycles. The lowest BCUT2D eigenvalue weighted by Gasteiger charge is -2.16. The van der Waals surface area contributed by atoms with Crippen molar-refractivity contribution in [3.8, 4) is 0 Å². The average Bonchev–Trinajstić information content (AvgIpc) is 2.58. The van der Waals surface area contributed by atoms with Gasteiger partial charge in [0.05, 0.1) is 7.11 Å². The summed E-state index contributed by atoms with van der Waals surface area (Å²) in [6, 6.07) is 17.8. The summed E-state index contributed by atoms with van der Waals surface area (Å²) in [5.41, 5.74) is 6.88. The van der Waals surface area contributed by atoms with Crippen LogP contribution < -0.4 is 5.73 Å². The van der Waals surface area contributed by atoms with Gasteiger partial charge in [0.2, 0.25) is 0 Å². The van der Waals surface area contributed by atoms with Crippen LogP contribution in [0.15, 0.2) is 54.6 Å². The fourth-order valence-electron chi connectivity index (χ4n) is 3.28. The predicted octanol–water partition coefficient (Wildman–Crippen LogP) is 3.76. The summed E-state index contributed by atoms with van der Waals surface area (Å²) in [6.07, 6.45) is 0. The second-order valence-corrected chi connectivity index (χ2v) is 5.51. The zero-order chi connectivity index (χ0) is 15.3. The number of nitrogens with two attached hydrogens (primary N) is 1. The largest absolute Gasteiger partial charge is 0.468 e. The highest BCUT2D eigenvalue weighted by Gasteiger charge is 2.20. The fraction of sp³-hybridized carbons (Fsp3) is 0.105. The maximum absolute atomic E-state index is 11.8. The van der Waals surface area contributed by atoms with E-state index in [0.29, 0.717) is 0 Å². The summed E-state index contributed by atoms with van der Waals surface area (Å²) >= 11 is 0. The van der Waals surface area contributed by atoms with E-state index in [4.69, 9.17) is 10.5 Å². The molecule has 0 heterocycles. The third kappa shape index (κ3) is 1.69. The summed E-state index contributed by atoms with van der Waals surface area (Å²) in [7, 11) is 1.36. The molecule has 0 radical (unpaired) electrons. The van der Waals surface area contributed by atoms with E-state index in [1.165, 1.54) is 23.3 Å². The fourth-order valence-corrected chi connectivity index (χ4v) is 3.28. The van der Waals surface area contributed by atoms with Crippen molar-refractivity contribution in [2.24, 2.45) is 5.73 Å². The van der Waals surface area contributed by atoms with Crippen molar-refractivity contribution in [2.75, 3.05) is 7.11 Å². The first-order valence-corrected chi connectivity index (χ1v) is 7.20. The molecule has 4 aromatic rings. The quantitative estimate of drug-likeness (QED) is 0.451. The highest BCUT2D eigenvalue weighted by atomic mass is 16.5. The van der Waals surface area contributed by atoms with Crippen molar-refractivity contribution in [2.45, 2.75) is 6.04 Å². The summed E-state index contributed by atoms with van der Waals surface area (Å²) in [5, 5.41) is 6.93. The molecule has 0 saturated heterocycles. The monoisotopic (exact) mass is 289 g/mol. The van der Waals surface area contributed by atoms with Gasteiger partial charge in [-0.25, -0.2) is 0 Å². The van der Waals surface area contributed by atoms with Gasteiger partial charge in [-0.05, 0) is 37.9 Å². The number of benzene rings is 4. The molecule has 0 aliphatic rings. The van der Waals surface area contributed by atoms with Crippen molar-refractivity contribution in [3.63, 3.8) is 0 Å². The molecule has 1 atom stereocenters. The Kier molecular flexibility index (Phi) is 2.78.